The van der Waals surface area contributed by atoms with E-state index in [2.05, 4.69) is 61.7 Å². The number of piperidine rings is 1. The second-order valence-electron chi connectivity index (χ2n) is 8.67. The lowest BCUT2D eigenvalue weighted by Gasteiger charge is -2.32. The van der Waals surface area contributed by atoms with Gasteiger partial charge < -0.3 is 20.3 Å². The van der Waals surface area contributed by atoms with Gasteiger partial charge in [0.15, 0.2) is 0 Å². The molecule has 0 atom stereocenters. The maximum Gasteiger partial charge on any atom is 0.244 e. The second kappa shape index (κ2) is 12.0. The lowest BCUT2D eigenvalue weighted by atomic mass is 10.1. The van der Waals surface area contributed by atoms with E-state index in [1.807, 2.05) is 12.1 Å². The first-order valence-electron chi connectivity index (χ1n) is 11.9. The number of aromatic nitrogens is 3. The molecule has 10 heteroatoms. The molecule has 0 amide bonds. The number of nitrogens with zero attached hydrogens (tertiary/aromatic N) is 5. The van der Waals surface area contributed by atoms with Crippen LogP contribution in [-0.2, 0) is 4.43 Å². The van der Waals surface area contributed by atoms with Crippen LogP contribution < -0.4 is 25.7 Å². The molecule has 1 aromatic carbocycles. The van der Waals surface area contributed by atoms with Gasteiger partial charge in [0.2, 0.25) is 17.8 Å². The molecule has 33 heavy (non-hydrogen) atoms. The van der Waals surface area contributed by atoms with E-state index in [4.69, 9.17) is 19.7 Å². The summed E-state index contributed by atoms with van der Waals surface area (Å²) in [5, 5.41) is 9.07. The summed E-state index contributed by atoms with van der Waals surface area (Å²) < 4.78 is 6.33. The van der Waals surface area contributed by atoms with Crippen molar-refractivity contribution in [3.8, 4) is 5.75 Å². The summed E-state index contributed by atoms with van der Waals surface area (Å²) in [5.41, 5.74) is 5.52. The van der Waals surface area contributed by atoms with E-state index in [-0.39, 0.29) is 0 Å². The molecule has 0 bridgehead atoms. The zero-order valence-electron chi connectivity index (χ0n) is 19.6. The minimum absolute atomic E-state index is 0.416. The predicted octanol–water partition coefficient (Wildman–Crippen LogP) is 3.95. The van der Waals surface area contributed by atoms with Gasteiger partial charge in [-0.25, -0.2) is 5.01 Å². The number of hydrogen-bond donors (Lipinski definition) is 3. The molecule has 1 aromatic heterocycles. The summed E-state index contributed by atoms with van der Waals surface area (Å²) in [6.07, 6.45) is 7.10. The number of alkyl halides is 1. The average Bonchev–Trinajstić information content (AvgIpc) is 3.12. The first kappa shape index (κ1) is 24.2. The SMILES string of the molecule is COc1ccc(Nc2nc(NN3CCCCCC3)nc(N(C)C3CCNCC3)n2)cc1CI. The summed E-state index contributed by atoms with van der Waals surface area (Å²) in [4.78, 5) is 16.5. The van der Waals surface area contributed by atoms with Gasteiger partial charge in [0.25, 0.3) is 0 Å². The lowest BCUT2D eigenvalue weighted by Crippen LogP contribution is -2.42. The number of hydrazine groups is 1. The molecular formula is C23H35IN8O. The summed E-state index contributed by atoms with van der Waals surface area (Å²) in [6.45, 7) is 4.06. The van der Waals surface area contributed by atoms with E-state index in [1.165, 1.54) is 25.7 Å². The Morgan fingerprint density at radius 2 is 1.82 bits per heavy atom. The zero-order chi connectivity index (χ0) is 23.0. The fraction of sp³-hybridized carbons (Fsp3) is 0.609. The van der Waals surface area contributed by atoms with Gasteiger partial charge in [-0.1, -0.05) is 35.4 Å². The normalized spacial score (nSPS) is 17.9. The Bertz CT molecular complexity index is 900. The number of anilines is 4. The summed E-state index contributed by atoms with van der Waals surface area (Å²) in [5.74, 6) is 2.72. The first-order valence-corrected chi connectivity index (χ1v) is 13.4. The van der Waals surface area contributed by atoms with Gasteiger partial charge in [0, 0.05) is 41.9 Å². The third kappa shape index (κ3) is 6.57. The van der Waals surface area contributed by atoms with Gasteiger partial charge in [0.1, 0.15) is 5.75 Å². The molecule has 2 aliphatic heterocycles. The second-order valence-corrected chi connectivity index (χ2v) is 9.44. The van der Waals surface area contributed by atoms with Gasteiger partial charge in [-0.2, -0.15) is 15.0 Å². The van der Waals surface area contributed by atoms with Crippen LogP contribution in [0, 0.1) is 0 Å². The fourth-order valence-corrected chi connectivity index (χ4v) is 5.00. The van der Waals surface area contributed by atoms with E-state index in [0.717, 1.165) is 60.4 Å². The molecule has 2 aliphatic rings. The third-order valence-electron chi connectivity index (χ3n) is 6.34. The Balaban J connectivity index is 1.60. The highest BCUT2D eigenvalue weighted by Gasteiger charge is 2.22. The van der Waals surface area contributed by atoms with Crippen molar-refractivity contribution in [2.45, 2.75) is 49.0 Å². The highest BCUT2D eigenvalue weighted by atomic mass is 127. The molecule has 3 N–H and O–H groups in total. The van der Waals surface area contributed by atoms with Crippen LogP contribution in [0.4, 0.5) is 23.5 Å². The molecule has 4 rings (SSSR count). The van der Waals surface area contributed by atoms with E-state index in [0.29, 0.717) is 23.9 Å². The minimum Gasteiger partial charge on any atom is -0.496 e. The van der Waals surface area contributed by atoms with E-state index in [1.54, 1.807) is 7.11 Å². The van der Waals surface area contributed by atoms with Crippen LogP contribution in [0.15, 0.2) is 18.2 Å². The van der Waals surface area contributed by atoms with Crippen LogP contribution in [-0.4, -0.2) is 66.3 Å². The molecule has 0 spiro atoms. The summed E-state index contributed by atoms with van der Waals surface area (Å²) in [7, 11) is 3.79. The molecule has 2 aromatic rings. The zero-order valence-corrected chi connectivity index (χ0v) is 21.8. The van der Waals surface area contributed by atoms with Gasteiger partial charge in [-0.05, 0) is 57.0 Å². The Morgan fingerprint density at radius 1 is 1.09 bits per heavy atom. The summed E-state index contributed by atoms with van der Waals surface area (Å²) in [6, 6.07) is 6.48. The molecular weight excluding hydrogens is 531 g/mol. The Hall–Kier alpha value is -1.92. The quantitative estimate of drug-likeness (QED) is 0.325. The van der Waals surface area contributed by atoms with Crippen molar-refractivity contribution in [3.05, 3.63) is 23.8 Å². The maximum absolute atomic E-state index is 5.47. The number of benzene rings is 1. The number of hydrogen-bond acceptors (Lipinski definition) is 9. The smallest absolute Gasteiger partial charge is 0.244 e. The summed E-state index contributed by atoms with van der Waals surface area (Å²) >= 11 is 2.35. The van der Waals surface area contributed by atoms with E-state index < -0.39 is 0 Å². The Morgan fingerprint density at radius 3 is 2.52 bits per heavy atom. The average molecular weight is 566 g/mol. The molecule has 180 valence electrons. The van der Waals surface area contributed by atoms with Gasteiger partial charge in [-0.15, -0.1) is 0 Å². The van der Waals surface area contributed by atoms with E-state index in [9.17, 15) is 0 Å². The number of methoxy groups -OCH3 is 1. The molecule has 0 aliphatic carbocycles. The highest BCUT2D eigenvalue weighted by Crippen LogP contribution is 2.27. The molecule has 3 heterocycles. The number of nitrogens with one attached hydrogen (secondary N) is 3. The van der Waals surface area contributed by atoms with Crippen molar-refractivity contribution in [3.63, 3.8) is 0 Å². The Kier molecular flexibility index (Phi) is 8.79. The molecule has 2 fully saturated rings. The van der Waals surface area contributed by atoms with Crippen molar-refractivity contribution in [2.75, 3.05) is 56.0 Å². The van der Waals surface area contributed by atoms with Crippen LogP contribution in [0.25, 0.3) is 0 Å². The molecule has 2 saturated heterocycles. The predicted molar refractivity (Wildman–Crippen MR) is 142 cm³/mol. The van der Waals surface area contributed by atoms with Crippen molar-refractivity contribution in [2.24, 2.45) is 0 Å². The minimum atomic E-state index is 0.416. The third-order valence-corrected chi connectivity index (χ3v) is 7.16. The molecule has 0 unspecified atom stereocenters. The van der Waals surface area contributed by atoms with Crippen LogP contribution in [0.3, 0.4) is 0 Å². The highest BCUT2D eigenvalue weighted by molar-refractivity contribution is 14.1. The Labute approximate surface area is 210 Å². The van der Waals surface area contributed by atoms with Gasteiger partial charge >= 0.3 is 0 Å². The molecule has 9 nitrogen and oxygen atoms in total. The number of rotatable bonds is 8. The number of ether oxygens (including phenoxy) is 1. The number of halogens is 1. The van der Waals surface area contributed by atoms with Gasteiger partial charge in [-0.3, -0.25) is 5.43 Å². The van der Waals surface area contributed by atoms with Crippen molar-refractivity contribution in [1.29, 1.82) is 0 Å². The monoisotopic (exact) mass is 566 g/mol. The molecule has 0 saturated carbocycles. The van der Waals surface area contributed by atoms with E-state index >= 15 is 0 Å². The van der Waals surface area contributed by atoms with Crippen molar-refractivity contribution in [1.82, 2.24) is 25.3 Å². The largest absolute Gasteiger partial charge is 0.496 e. The fourth-order valence-electron chi connectivity index (χ4n) is 4.40. The maximum atomic E-state index is 5.47. The topological polar surface area (TPSA) is 90.5 Å². The molecule has 0 radical (unpaired) electrons. The van der Waals surface area contributed by atoms with Crippen LogP contribution in [0.5, 0.6) is 5.75 Å². The standard InChI is InChI=1S/C23H35IN8O/c1-31(19-9-11-25-12-10-19)23-28-21(26-18-7-8-20(33-2)17(15-18)16-24)27-22(29-23)30-32-13-5-3-4-6-14-32/h7-8,15,19,25H,3-6,9-14,16H2,1-2H3,(H2,26,27,28,29,30). The van der Waals surface area contributed by atoms with Crippen molar-refractivity contribution < 1.29 is 4.74 Å². The van der Waals surface area contributed by atoms with Crippen LogP contribution in [0.2, 0.25) is 0 Å². The van der Waals surface area contributed by atoms with Crippen molar-refractivity contribution >= 4 is 46.1 Å². The van der Waals surface area contributed by atoms with Gasteiger partial charge in [0.05, 0.1) is 7.11 Å². The first-order chi connectivity index (χ1) is 16.2. The van der Waals surface area contributed by atoms with Crippen LogP contribution >= 0.6 is 22.6 Å². The van der Waals surface area contributed by atoms with Crippen LogP contribution in [0.1, 0.15) is 44.1 Å². The lowest BCUT2D eigenvalue weighted by molar-refractivity contribution is 0.340.